The number of hydrogen-bond donors (Lipinski definition) is 3. The van der Waals surface area contributed by atoms with Gasteiger partial charge in [-0.25, -0.2) is 0 Å². The van der Waals surface area contributed by atoms with Crippen molar-refractivity contribution in [2.24, 2.45) is 11.3 Å². The summed E-state index contributed by atoms with van der Waals surface area (Å²) in [6, 6.07) is 7.31. The number of carbonyl (C=O) groups excluding carboxylic acids is 2. The molecule has 1 heterocycles. The minimum atomic E-state index is -0.507. The van der Waals surface area contributed by atoms with Crippen molar-refractivity contribution < 1.29 is 9.59 Å². The predicted octanol–water partition coefficient (Wildman–Crippen LogP) is 2.82. The first-order valence-corrected chi connectivity index (χ1v) is 8.21. The van der Waals surface area contributed by atoms with Crippen LogP contribution in [0.5, 0.6) is 0 Å². The second-order valence-corrected chi connectivity index (χ2v) is 7.30. The molecule has 0 spiro atoms. The molecular formula is C18H28ClN3O2. The number of amides is 2. The van der Waals surface area contributed by atoms with Gasteiger partial charge >= 0.3 is 0 Å². The van der Waals surface area contributed by atoms with Gasteiger partial charge in [0.25, 0.3) is 5.91 Å². The van der Waals surface area contributed by atoms with E-state index in [4.69, 9.17) is 0 Å². The Kier molecular flexibility index (Phi) is 7.24. The second kappa shape index (κ2) is 8.49. The molecule has 1 aromatic carbocycles. The first kappa shape index (κ1) is 20.5. The monoisotopic (exact) mass is 353 g/mol. The molecule has 2 unspecified atom stereocenters. The summed E-state index contributed by atoms with van der Waals surface area (Å²) in [4.78, 5) is 24.8. The highest BCUT2D eigenvalue weighted by atomic mass is 35.5. The predicted molar refractivity (Wildman–Crippen MR) is 99.7 cm³/mol. The van der Waals surface area contributed by atoms with Crippen molar-refractivity contribution in [1.82, 2.24) is 10.6 Å². The van der Waals surface area contributed by atoms with Crippen molar-refractivity contribution in [3.63, 3.8) is 0 Å². The molecule has 1 aliphatic rings. The molecule has 2 amide bonds. The van der Waals surface area contributed by atoms with Crippen LogP contribution in [0.3, 0.4) is 0 Å². The SMILES string of the molecule is CC1CNCCC1NC(=O)c1ccccc1NC(=O)C(C)(C)C.Cl. The Morgan fingerprint density at radius 1 is 1.21 bits per heavy atom. The lowest BCUT2D eigenvalue weighted by molar-refractivity contribution is -0.123. The third kappa shape index (κ3) is 5.21. The third-order valence-electron chi connectivity index (χ3n) is 4.20. The van der Waals surface area contributed by atoms with E-state index in [1.165, 1.54) is 0 Å². The van der Waals surface area contributed by atoms with Crippen LogP contribution in [0.2, 0.25) is 0 Å². The van der Waals surface area contributed by atoms with Crippen molar-refractivity contribution in [2.75, 3.05) is 18.4 Å². The van der Waals surface area contributed by atoms with E-state index in [-0.39, 0.29) is 30.3 Å². The highest BCUT2D eigenvalue weighted by Gasteiger charge is 2.26. The van der Waals surface area contributed by atoms with Gasteiger partial charge in [-0.1, -0.05) is 39.8 Å². The van der Waals surface area contributed by atoms with Crippen molar-refractivity contribution in [3.8, 4) is 0 Å². The molecule has 2 rings (SSSR count). The molecule has 1 aliphatic heterocycles. The van der Waals surface area contributed by atoms with Gasteiger partial charge in [0.1, 0.15) is 0 Å². The molecule has 1 aromatic rings. The molecule has 6 heteroatoms. The van der Waals surface area contributed by atoms with Gasteiger partial charge in [-0.15, -0.1) is 12.4 Å². The van der Waals surface area contributed by atoms with Crippen LogP contribution in [0.25, 0.3) is 0 Å². The summed E-state index contributed by atoms with van der Waals surface area (Å²) in [6.07, 6.45) is 0.920. The Morgan fingerprint density at radius 2 is 1.88 bits per heavy atom. The number of nitrogens with one attached hydrogen (secondary N) is 3. The molecule has 2 atom stereocenters. The maximum Gasteiger partial charge on any atom is 0.253 e. The summed E-state index contributed by atoms with van der Waals surface area (Å²) >= 11 is 0. The van der Waals surface area contributed by atoms with Gasteiger partial charge in [0, 0.05) is 11.5 Å². The third-order valence-corrected chi connectivity index (χ3v) is 4.20. The van der Waals surface area contributed by atoms with E-state index in [2.05, 4.69) is 22.9 Å². The summed E-state index contributed by atoms with van der Waals surface area (Å²) in [5, 5.41) is 9.30. The zero-order chi connectivity index (χ0) is 17.0. The van der Waals surface area contributed by atoms with Crippen molar-refractivity contribution in [2.45, 2.75) is 40.2 Å². The van der Waals surface area contributed by atoms with Crippen LogP contribution < -0.4 is 16.0 Å². The number of para-hydroxylation sites is 1. The Labute approximate surface area is 150 Å². The highest BCUT2D eigenvalue weighted by molar-refractivity contribution is 6.04. The molecule has 24 heavy (non-hydrogen) atoms. The maximum atomic E-state index is 12.6. The Morgan fingerprint density at radius 3 is 2.50 bits per heavy atom. The molecule has 134 valence electrons. The summed E-state index contributed by atoms with van der Waals surface area (Å²) in [5.41, 5.74) is 0.565. The summed E-state index contributed by atoms with van der Waals surface area (Å²) < 4.78 is 0. The fraction of sp³-hybridized carbons (Fsp3) is 0.556. The number of hydrogen-bond acceptors (Lipinski definition) is 3. The Balaban J connectivity index is 0.00000288. The van der Waals surface area contributed by atoms with E-state index >= 15 is 0 Å². The first-order valence-electron chi connectivity index (χ1n) is 8.21. The fourth-order valence-electron chi connectivity index (χ4n) is 2.57. The van der Waals surface area contributed by atoms with Crippen LogP contribution in [-0.2, 0) is 4.79 Å². The van der Waals surface area contributed by atoms with Gasteiger partial charge in [0.05, 0.1) is 11.3 Å². The number of rotatable bonds is 3. The van der Waals surface area contributed by atoms with E-state index in [0.29, 0.717) is 17.2 Å². The average Bonchev–Trinajstić information content (AvgIpc) is 2.49. The first-order chi connectivity index (χ1) is 10.8. The second-order valence-electron chi connectivity index (χ2n) is 7.30. The van der Waals surface area contributed by atoms with Crippen molar-refractivity contribution in [1.29, 1.82) is 0 Å². The number of halogens is 1. The van der Waals surface area contributed by atoms with Crippen LogP contribution in [0.1, 0.15) is 44.5 Å². The van der Waals surface area contributed by atoms with Gasteiger partial charge in [0.2, 0.25) is 5.91 Å². The van der Waals surface area contributed by atoms with Crippen LogP contribution in [0.15, 0.2) is 24.3 Å². The molecule has 5 nitrogen and oxygen atoms in total. The van der Waals surface area contributed by atoms with E-state index in [1.54, 1.807) is 12.1 Å². The Bertz CT molecular complexity index is 584. The van der Waals surface area contributed by atoms with Crippen molar-refractivity contribution >= 4 is 29.9 Å². The number of carbonyl (C=O) groups is 2. The van der Waals surface area contributed by atoms with Gasteiger partial charge in [0.15, 0.2) is 0 Å². The van der Waals surface area contributed by atoms with E-state index in [9.17, 15) is 9.59 Å². The van der Waals surface area contributed by atoms with E-state index in [1.807, 2.05) is 32.9 Å². The Hall–Kier alpha value is -1.59. The lowest BCUT2D eigenvalue weighted by Gasteiger charge is -2.30. The standard InChI is InChI=1S/C18H27N3O2.ClH/c1-12-11-19-10-9-14(12)20-16(22)13-7-5-6-8-15(13)21-17(23)18(2,3)4;/h5-8,12,14,19H,9-11H2,1-4H3,(H,20,22)(H,21,23);1H. The molecule has 0 aromatic heterocycles. The van der Waals surface area contributed by atoms with Crippen LogP contribution >= 0.6 is 12.4 Å². The minimum absolute atomic E-state index is 0. The van der Waals surface area contributed by atoms with Gasteiger partial charge < -0.3 is 16.0 Å². The quantitative estimate of drug-likeness (QED) is 0.782. The van der Waals surface area contributed by atoms with Gasteiger partial charge in [-0.05, 0) is 37.6 Å². The number of anilines is 1. The zero-order valence-electron chi connectivity index (χ0n) is 14.8. The van der Waals surface area contributed by atoms with Gasteiger partial charge in [-0.2, -0.15) is 0 Å². The molecule has 0 saturated carbocycles. The highest BCUT2D eigenvalue weighted by Crippen LogP contribution is 2.21. The normalized spacial score (nSPS) is 20.7. The molecule has 1 fully saturated rings. The molecule has 0 aliphatic carbocycles. The summed E-state index contributed by atoms with van der Waals surface area (Å²) in [6.45, 7) is 9.50. The average molecular weight is 354 g/mol. The van der Waals surface area contributed by atoms with Crippen LogP contribution in [-0.4, -0.2) is 30.9 Å². The molecule has 1 saturated heterocycles. The van der Waals surface area contributed by atoms with Crippen molar-refractivity contribution in [3.05, 3.63) is 29.8 Å². The molecule has 0 radical (unpaired) electrons. The number of benzene rings is 1. The molecule has 0 bridgehead atoms. The largest absolute Gasteiger partial charge is 0.349 e. The van der Waals surface area contributed by atoms with Crippen LogP contribution in [0.4, 0.5) is 5.69 Å². The number of piperidine rings is 1. The van der Waals surface area contributed by atoms with E-state index < -0.39 is 5.41 Å². The smallest absolute Gasteiger partial charge is 0.253 e. The maximum absolute atomic E-state index is 12.6. The van der Waals surface area contributed by atoms with Crippen LogP contribution in [0, 0.1) is 11.3 Å². The fourth-order valence-corrected chi connectivity index (χ4v) is 2.57. The zero-order valence-corrected chi connectivity index (χ0v) is 15.6. The summed E-state index contributed by atoms with van der Waals surface area (Å²) in [7, 11) is 0. The molecular weight excluding hydrogens is 326 g/mol. The lowest BCUT2D eigenvalue weighted by Crippen LogP contribution is -2.48. The minimum Gasteiger partial charge on any atom is -0.349 e. The molecule has 3 N–H and O–H groups in total. The summed E-state index contributed by atoms with van der Waals surface area (Å²) in [5.74, 6) is 0.158. The lowest BCUT2D eigenvalue weighted by atomic mass is 9.94. The topological polar surface area (TPSA) is 70.2 Å². The van der Waals surface area contributed by atoms with E-state index in [0.717, 1.165) is 19.5 Å². The van der Waals surface area contributed by atoms with Gasteiger partial charge in [-0.3, -0.25) is 9.59 Å².